The first-order valence-corrected chi connectivity index (χ1v) is 8.80. The average molecular weight is 307 g/mol. The Morgan fingerprint density at radius 1 is 1.48 bits per heavy atom. The molecule has 0 saturated carbocycles. The van der Waals surface area contributed by atoms with Gasteiger partial charge in [-0.05, 0) is 47.9 Å². The normalized spacial score (nSPS) is 19.3. The second kappa shape index (κ2) is 6.96. The molecule has 3 rings (SSSR count). The molecule has 3 heteroatoms. The van der Waals surface area contributed by atoms with E-state index in [1.54, 1.807) is 16.7 Å². The number of hydrogen-bond donors (Lipinski definition) is 1. The molecule has 0 amide bonds. The number of hydrogen-bond acceptors (Lipinski definition) is 2. The summed E-state index contributed by atoms with van der Waals surface area (Å²) in [5.41, 5.74) is 12.7. The van der Waals surface area contributed by atoms with E-state index in [-0.39, 0.29) is 0 Å². The van der Waals surface area contributed by atoms with Crippen LogP contribution in [0, 0.1) is 12.8 Å². The maximum absolute atomic E-state index is 5.76. The summed E-state index contributed by atoms with van der Waals surface area (Å²) in [6.07, 6.45) is 7.64. The van der Waals surface area contributed by atoms with Crippen LogP contribution in [0.2, 0.25) is 6.32 Å². The number of nitrogens with zero attached hydrogens (tertiary/aromatic N) is 1. The molecule has 0 aromatic heterocycles. The van der Waals surface area contributed by atoms with Crippen LogP contribution in [0.25, 0.3) is 0 Å². The van der Waals surface area contributed by atoms with Gasteiger partial charge < -0.3 is 5.73 Å². The van der Waals surface area contributed by atoms with E-state index >= 15 is 0 Å². The van der Waals surface area contributed by atoms with Crippen molar-refractivity contribution in [1.82, 2.24) is 4.90 Å². The van der Waals surface area contributed by atoms with Gasteiger partial charge in [-0.1, -0.05) is 37.4 Å². The largest absolute Gasteiger partial charge is 0.402 e. The highest BCUT2D eigenvalue weighted by molar-refractivity contribution is 6.35. The molecule has 1 fully saturated rings. The summed E-state index contributed by atoms with van der Waals surface area (Å²) >= 11 is 0. The average Bonchev–Trinajstić information content (AvgIpc) is 2.50. The molecule has 23 heavy (non-hydrogen) atoms. The van der Waals surface area contributed by atoms with Gasteiger partial charge in [0.05, 0.1) is 0 Å². The van der Waals surface area contributed by atoms with Gasteiger partial charge in [0.15, 0.2) is 0 Å². The van der Waals surface area contributed by atoms with Crippen molar-refractivity contribution < 1.29 is 0 Å². The Morgan fingerprint density at radius 2 is 2.26 bits per heavy atom. The third-order valence-corrected chi connectivity index (χ3v) is 5.48. The van der Waals surface area contributed by atoms with Crippen LogP contribution in [0.4, 0.5) is 0 Å². The molecular formula is C20H28BN2. The number of rotatable bonds is 6. The standard InChI is InChI=1S/C20H28BN2/c1-4-19(9-14(2)22)23-12-16(13-23)10-18-6-5-17-7-8-21-11-20(17)15(18)3/h4-6,16,19H,1-2,7-13,22H2,3H3. The van der Waals surface area contributed by atoms with Crippen LogP contribution >= 0.6 is 0 Å². The quantitative estimate of drug-likeness (QED) is 0.646. The van der Waals surface area contributed by atoms with Crippen molar-refractivity contribution in [2.75, 3.05) is 13.1 Å². The first-order chi connectivity index (χ1) is 11.1. The summed E-state index contributed by atoms with van der Waals surface area (Å²) in [6, 6.07) is 5.09. The summed E-state index contributed by atoms with van der Waals surface area (Å²) in [5, 5.41) is 0. The molecule has 121 valence electrons. The maximum Gasteiger partial charge on any atom is 0.115 e. The molecule has 0 spiro atoms. The molecule has 1 aromatic rings. The number of likely N-dealkylation sites (tertiary alicyclic amines) is 1. The molecule has 1 atom stereocenters. The van der Waals surface area contributed by atoms with Crippen molar-refractivity contribution in [3.63, 3.8) is 0 Å². The molecule has 1 unspecified atom stereocenters. The van der Waals surface area contributed by atoms with Gasteiger partial charge in [0, 0.05) is 31.2 Å². The number of aryl methyl sites for hydroxylation is 1. The zero-order valence-corrected chi connectivity index (χ0v) is 14.4. The van der Waals surface area contributed by atoms with Crippen molar-refractivity contribution in [2.24, 2.45) is 11.7 Å². The van der Waals surface area contributed by atoms with E-state index in [4.69, 9.17) is 5.73 Å². The lowest BCUT2D eigenvalue weighted by atomic mass is 9.61. The second-order valence-electron chi connectivity index (χ2n) is 7.21. The minimum Gasteiger partial charge on any atom is -0.402 e. The van der Waals surface area contributed by atoms with Crippen molar-refractivity contribution in [3.05, 3.63) is 59.3 Å². The van der Waals surface area contributed by atoms with Crippen molar-refractivity contribution >= 4 is 7.28 Å². The van der Waals surface area contributed by atoms with Crippen LogP contribution in [0.3, 0.4) is 0 Å². The number of fused-ring (bicyclic) bond motifs is 1. The molecule has 2 aliphatic rings. The lowest BCUT2D eigenvalue weighted by molar-refractivity contribution is 0.0721. The molecule has 1 saturated heterocycles. The fraction of sp³-hybridized carbons (Fsp3) is 0.500. The Kier molecular flexibility index (Phi) is 4.96. The fourth-order valence-electron chi connectivity index (χ4n) is 4.06. The predicted molar refractivity (Wildman–Crippen MR) is 99.8 cm³/mol. The summed E-state index contributed by atoms with van der Waals surface area (Å²) < 4.78 is 0. The van der Waals surface area contributed by atoms with E-state index in [2.05, 4.69) is 44.4 Å². The highest BCUT2D eigenvalue weighted by Gasteiger charge is 2.31. The molecule has 0 aliphatic carbocycles. The minimum atomic E-state index is 0.350. The highest BCUT2D eigenvalue weighted by atomic mass is 15.2. The van der Waals surface area contributed by atoms with E-state index in [0.717, 1.165) is 37.4 Å². The Hall–Kier alpha value is -1.48. The summed E-state index contributed by atoms with van der Waals surface area (Å²) in [6.45, 7) is 12.4. The van der Waals surface area contributed by atoms with Gasteiger partial charge in [0.2, 0.25) is 0 Å². The monoisotopic (exact) mass is 307 g/mol. The third kappa shape index (κ3) is 3.55. The molecular weight excluding hydrogens is 279 g/mol. The van der Waals surface area contributed by atoms with E-state index in [0.29, 0.717) is 6.04 Å². The van der Waals surface area contributed by atoms with Gasteiger partial charge in [0.1, 0.15) is 7.28 Å². The molecule has 0 bridgehead atoms. The Balaban J connectivity index is 1.60. The molecule has 2 N–H and O–H groups in total. The van der Waals surface area contributed by atoms with E-state index < -0.39 is 0 Å². The van der Waals surface area contributed by atoms with Crippen LogP contribution in [0.15, 0.2) is 37.1 Å². The van der Waals surface area contributed by atoms with Crippen molar-refractivity contribution in [3.8, 4) is 0 Å². The summed E-state index contributed by atoms with van der Waals surface area (Å²) in [5.74, 6) is 0.757. The zero-order valence-electron chi connectivity index (χ0n) is 14.4. The van der Waals surface area contributed by atoms with Crippen LogP contribution in [-0.2, 0) is 19.2 Å². The van der Waals surface area contributed by atoms with Gasteiger partial charge >= 0.3 is 0 Å². The maximum atomic E-state index is 5.76. The van der Waals surface area contributed by atoms with E-state index in [1.807, 2.05) is 6.08 Å². The fourth-order valence-corrected chi connectivity index (χ4v) is 4.06. The third-order valence-electron chi connectivity index (χ3n) is 5.48. The van der Waals surface area contributed by atoms with Crippen LogP contribution < -0.4 is 5.73 Å². The second-order valence-corrected chi connectivity index (χ2v) is 7.21. The number of nitrogens with two attached hydrogens (primary N) is 1. The number of benzene rings is 1. The van der Waals surface area contributed by atoms with Gasteiger partial charge in [-0.3, -0.25) is 4.90 Å². The SMILES string of the molecule is C=CC(CC(=C)N)N1CC(Cc2ccc3c(c2C)C[B]CC3)C1. The van der Waals surface area contributed by atoms with Gasteiger partial charge in [-0.15, -0.1) is 6.58 Å². The first kappa shape index (κ1) is 16.4. The van der Waals surface area contributed by atoms with Gasteiger partial charge in [0.25, 0.3) is 0 Å². The predicted octanol–water partition coefficient (Wildman–Crippen LogP) is 3.07. The topological polar surface area (TPSA) is 29.3 Å². The van der Waals surface area contributed by atoms with Gasteiger partial charge in [-0.2, -0.15) is 0 Å². The molecule has 2 heterocycles. The van der Waals surface area contributed by atoms with Crippen molar-refractivity contribution in [2.45, 2.75) is 44.9 Å². The molecule has 1 aromatic carbocycles. The van der Waals surface area contributed by atoms with Crippen LogP contribution in [0.1, 0.15) is 28.7 Å². The van der Waals surface area contributed by atoms with Gasteiger partial charge in [-0.25, -0.2) is 0 Å². The van der Waals surface area contributed by atoms with E-state index in [1.165, 1.54) is 24.7 Å². The summed E-state index contributed by atoms with van der Waals surface area (Å²) in [4.78, 5) is 2.47. The minimum absolute atomic E-state index is 0.350. The highest BCUT2D eigenvalue weighted by Crippen LogP contribution is 2.29. The lowest BCUT2D eigenvalue weighted by Gasteiger charge is -2.44. The Bertz CT molecular complexity index is 602. The zero-order chi connectivity index (χ0) is 16.4. The van der Waals surface area contributed by atoms with Crippen LogP contribution in [0.5, 0.6) is 0 Å². The molecule has 2 aliphatic heterocycles. The summed E-state index contributed by atoms with van der Waals surface area (Å²) in [7, 11) is 2.43. The molecule has 2 nitrogen and oxygen atoms in total. The van der Waals surface area contributed by atoms with Crippen molar-refractivity contribution in [1.29, 1.82) is 0 Å². The smallest absolute Gasteiger partial charge is 0.115 e. The molecule has 1 radical (unpaired) electrons. The Morgan fingerprint density at radius 3 is 2.96 bits per heavy atom. The Labute approximate surface area is 141 Å². The lowest BCUT2D eigenvalue weighted by Crippen LogP contribution is -2.52. The first-order valence-electron chi connectivity index (χ1n) is 8.80. The van der Waals surface area contributed by atoms with E-state index in [9.17, 15) is 0 Å². The van der Waals surface area contributed by atoms with Crippen LogP contribution in [-0.4, -0.2) is 31.3 Å².